The van der Waals surface area contributed by atoms with Crippen molar-refractivity contribution in [3.8, 4) is 5.00 Å². The first-order valence-electron chi connectivity index (χ1n) is 4.80. The number of carbonyl (C=O) groups excluding carboxylic acids is 1. The number of ketones is 1. The molecule has 0 radical (unpaired) electrons. The number of thiophene rings is 1. The Balaban J connectivity index is 2.64. The number of nitro groups is 1. The highest BCUT2D eigenvalue weighted by molar-refractivity contribution is 7.17. The van der Waals surface area contributed by atoms with Crippen LogP contribution in [0.3, 0.4) is 0 Å². The van der Waals surface area contributed by atoms with E-state index in [1.165, 1.54) is 13.0 Å². The van der Waals surface area contributed by atoms with E-state index < -0.39 is 4.92 Å². The highest BCUT2D eigenvalue weighted by atomic mass is 32.1. The lowest BCUT2D eigenvalue weighted by Crippen LogP contribution is -1.96. The number of carbonyl (C=O) groups is 1. The maximum atomic E-state index is 11.3. The number of rotatable bonds is 3. The van der Waals surface area contributed by atoms with Gasteiger partial charge in [0.05, 0.1) is 9.80 Å². The van der Waals surface area contributed by atoms with E-state index in [1.54, 1.807) is 23.9 Å². The molecule has 7 heteroatoms. The molecule has 0 bridgehead atoms. The molecule has 0 fully saturated rings. The standard InChI is InChI=1S/C10H9N3O3S/c1-6(14)9-5-8(13(15)16)10(17-9)12-4-3-11-7(12)2/h3-5H,1-2H3. The first-order valence-corrected chi connectivity index (χ1v) is 5.62. The molecule has 6 nitrogen and oxygen atoms in total. The van der Waals surface area contributed by atoms with Crippen LogP contribution >= 0.6 is 11.3 Å². The third kappa shape index (κ3) is 1.96. The van der Waals surface area contributed by atoms with E-state index in [0.717, 1.165) is 11.3 Å². The van der Waals surface area contributed by atoms with Crippen LogP contribution in [0.4, 0.5) is 5.69 Å². The highest BCUT2D eigenvalue weighted by Gasteiger charge is 2.22. The van der Waals surface area contributed by atoms with Crippen LogP contribution in [0.1, 0.15) is 22.4 Å². The zero-order valence-electron chi connectivity index (χ0n) is 9.21. The first kappa shape index (κ1) is 11.5. The van der Waals surface area contributed by atoms with Gasteiger partial charge in [0.2, 0.25) is 0 Å². The van der Waals surface area contributed by atoms with Gasteiger partial charge in [-0.05, 0) is 13.8 Å². The average Bonchev–Trinajstić information content (AvgIpc) is 2.82. The Kier molecular flexibility index (Phi) is 2.76. The van der Waals surface area contributed by atoms with Gasteiger partial charge in [0, 0.05) is 18.5 Å². The molecule has 0 atom stereocenters. The van der Waals surface area contributed by atoms with Crippen molar-refractivity contribution >= 4 is 22.8 Å². The lowest BCUT2D eigenvalue weighted by molar-refractivity contribution is -0.384. The zero-order chi connectivity index (χ0) is 12.6. The summed E-state index contributed by atoms with van der Waals surface area (Å²) < 4.78 is 1.61. The topological polar surface area (TPSA) is 78.0 Å². The fourth-order valence-corrected chi connectivity index (χ4v) is 2.49. The van der Waals surface area contributed by atoms with E-state index in [2.05, 4.69) is 4.98 Å². The number of hydrogen-bond acceptors (Lipinski definition) is 5. The molecular weight excluding hydrogens is 242 g/mol. The van der Waals surface area contributed by atoms with Gasteiger partial charge in [0.1, 0.15) is 5.82 Å². The highest BCUT2D eigenvalue weighted by Crippen LogP contribution is 2.33. The molecule has 0 saturated heterocycles. The maximum Gasteiger partial charge on any atom is 0.305 e. The number of nitrogens with zero attached hydrogens (tertiary/aromatic N) is 3. The van der Waals surface area contributed by atoms with Gasteiger partial charge in [-0.25, -0.2) is 4.98 Å². The molecular formula is C10H9N3O3S. The SMILES string of the molecule is CC(=O)c1cc([N+](=O)[O-])c(-n2ccnc2C)s1. The molecule has 0 spiro atoms. The third-order valence-corrected chi connectivity index (χ3v) is 3.51. The average molecular weight is 251 g/mol. The molecule has 0 aromatic carbocycles. The minimum atomic E-state index is -0.488. The van der Waals surface area contributed by atoms with Gasteiger partial charge in [-0.1, -0.05) is 0 Å². The molecule has 2 rings (SSSR count). The van der Waals surface area contributed by atoms with Crippen LogP contribution in [0.2, 0.25) is 0 Å². The third-order valence-electron chi connectivity index (χ3n) is 2.28. The molecule has 0 unspecified atom stereocenters. The predicted octanol–water partition coefficient (Wildman–Crippen LogP) is 2.35. The van der Waals surface area contributed by atoms with Crippen molar-refractivity contribution < 1.29 is 9.72 Å². The van der Waals surface area contributed by atoms with Crippen LogP contribution < -0.4 is 0 Å². The summed E-state index contributed by atoms with van der Waals surface area (Å²) >= 11 is 1.10. The van der Waals surface area contributed by atoms with Gasteiger partial charge in [-0.2, -0.15) is 0 Å². The molecule has 0 amide bonds. The monoisotopic (exact) mass is 251 g/mol. The Labute approximate surface area is 101 Å². The lowest BCUT2D eigenvalue weighted by atomic mass is 10.3. The van der Waals surface area contributed by atoms with Gasteiger partial charge in [-0.3, -0.25) is 19.5 Å². The summed E-state index contributed by atoms with van der Waals surface area (Å²) in [5, 5.41) is 11.3. The van der Waals surface area contributed by atoms with E-state index in [-0.39, 0.29) is 11.5 Å². The van der Waals surface area contributed by atoms with Crippen molar-refractivity contribution in [2.45, 2.75) is 13.8 Å². The van der Waals surface area contributed by atoms with Crippen LogP contribution in [-0.2, 0) is 0 Å². The molecule has 2 aromatic rings. The molecule has 2 aromatic heterocycles. The smallest absolute Gasteiger partial charge is 0.294 e. The van der Waals surface area contributed by atoms with Crippen molar-refractivity contribution in [1.29, 1.82) is 0 Å². The van der Waals surface area contributed by atoms with Gasteiger partial charge >= 0.3 is 5.69 Å². The molecule has 2 heterocycles. The largest absolute Gasteiger partial charge is 0.305 e. The Bertz CT molecular complexity index is 600. The Morgan fingerprint density at radius 1 is 1.59 bits per heavy atom. The molecule has 0 saturated carbocycles. The van der Waals surface area contributed by atoms with Gasteiger partial charge < -0.3 is 0 Å². The number of aromatic nitrogens is 2. The quantitative estimate of drug-likeness (QED) is 0.476. The van der Waals surface area contributed by atoms with Gasteiger partial charge in [0.15, 0.2) is 10.8 Å². The van der Waals surface area contributed by atoms with Crippen LogP contribution in [0.5, 0.6) is 0 Å². The van der Waals surface area contributed by atoms with E-state index in [9.17, 15) is 14.9 Å². The molecule has 0 N–H and O–H groups in total. The van der Waals surface area contributed by atoms with Crippen molar-refractivity contribution in [1.82, 2.24) is 9.55 Å². The first-order chi connectivity index (χ1) is 8.00. The Hall–Kier alpha value is -2.02. The predicted molar refractivity (Wildman–Crippen MR) is 62.8 cm³/mol. The van der Waals surface area contributed by atoms with Crippen LogP contribution in [0, 0.1) is 17.0 Å². The van der Waals surface area contributed by atoms with Gasteiger partial charge in [0.25, 0.3) is 0 Å². The minimum Gasteiger partial charge on any atom is -0.294 e. The second-order valence-electron chi connectivity index (χ2n) is 3.46. The minimum absolute atomic E-state index is 0.0682. The van der Waals surface area contributed by atoms with E-state index >= 15 is 0 Å². The molecule has 0 aliphatic rings. The Morgan fingerprint density at radius 2 is 2.29 bits per heavy atom. The van der Waals surface area contributed by atoms with Crippen molar-refractivity contribution in [2.75, 3.05) is 0 Å². The fraction of sp³-hybridized carbons (Fsp3) is 0.200. The summed E-state index contributed by atoms with van der Waals surface area (Å²) in [6, 6.07) is 1.31. The summed E-state index contributed by atoms with van der Waals surface area (Å²) in [7, 11) is 0. The van der Waals surface area contributed by atoms with Crippen LogP contribution in [-0.4, -0.2) is 20.3 Å². The second-order valence-corrected chi connectivity index (χ2v) is 4.49. The summed E-state index contributed by atoms with van der Waals surface area (Å²) in [6.45, 7) is 3.14. The van der Waals surface area contributed by atoms with Crippen molar-refractivity contribution in [3.05, 3.63) is 39.3 Å². The summed E-state index contributed by atoms with van der Waals surface area (Å²) in [5.41, 5.74) is -0.0682. The lowest BCUT2D eigenvalue weighted by Gasteiger charge is -1.99. The number of imidazole rings is 1. The number of Topliss-reactive ketones (excluding diaryl/α,β-unsaturated/α-hetero) is 1. The summed E-state index contributed by atoms with van der Waals surface area (Å²) in [4.78, 5) is 26.1. The van der Waals surface area contributed by atoms with E-state index in [1.807, 2.05) is 0 Å². The Morgan fingerprint density at radius 3 is 2.76 bits per heavy atom. The van der Waals surface area contributed by atoms with E-state index in [0.29, 0.717) is 15.7 Å². The number of aryl methyl sites for hydroxylation is 1. The molecule has 17 heavy (non-hydrogen) atoms. The second kappa shape index (κ2) is 4.10. The maximum absolute atomic E-state index is 11.3. The van der Waals surface area contributed by atoms with Gasteiger partial charge in [-0.15, -0.1) is 11.3 Å². The zero-order valence-corrected chi connectivity index (χ0v) is 10.0. The molecule has 0 aliphatic carbocycles. The van der Waals surface area contributed by atoms with Crippen molar-refractivity contribution in [2.24, 2.45) is 0 Å². The van der Waals surface area contributed by atoms with Crippen LogP contribution in [0.15, 0.2) is 18.5 Å². The fourth-order valence-electron chi connectivity index (χ4n) is 1.44. The number of hydrogen-bond donors (Lipinski definition) is 0. The van der Waals surface area contributed by atoms with Crippen LogP contribution in [0.25, 0.3) is 5.00 Å². The summed E-state index contributed by atoms with van der Waals surface area (Å²) in [6.07, 6.45) is 3.20. The normalized spacial score (nSPS) is 10.5. The summed E-state index contributed by atoms with van der Waals surface area (Å²) in [5.74, 6) is 0.465. The van der Waals surface area contributed by atoms with Crippen molar-refractivity contribution in [3.63, 3.8) is 0 Å². The van der Waals surface area contributed by atoms with E-state index in [4.69, 9.17) is 0 Å². The molecule has 88 valence electrons. The molecule has 0 aliphatic heterocycles.